The van der Waals surface area contributed by atoms with Crippen LogP contribution >= 0.6 is 11.6 Å². The van der Waals surface area contributed by atoms with Crippen LogP contribution in [0.25, 0.3) is 10.8 Å². The first-order valence-corrected chi connectivity index (χ1v) is 6.52. The van der Waals surface area contributed by atoms with Crippen molar-refractivity contribution in [2.75, 3.05) is 5.32 Å². The minimum absolute atomic E-state index is 0.0625. The smallest absolute Gasteiger partial charge is 0.260 e. The zero-order valence-corrected chi connectivity index (χ0v) is 11.5. The molecular formula is C15H10ClN3O2. The maximum Gasteiger partial charge on any atom is 0.260 e. The first-order valence-electron chi connectivity index (χ1n) is 6.15. The molecule has 0 saturated carbocycles. The van der Waals surface area contributed by atoms with Gasteiger partial charge >= 0.3 is 0 Å². The number of halogens is 1. The van der Waals surface area contributed by atoms with Gasteiger partial charge in [-0.15, -0.1) is 0 Å². The second-order valence-corrected chi connectivity index (χ2v) is 4.75. The van der Waals surface area contributed by atoms with Gasteiger partial charge in [0.15, 0.2) is 5.82 Å². The van der Waals surface area contributed by atoms with Crippen molar-refractivity contribution >= 4 is 34.1 Å². The summed E-state index contributed by atoms with van der Waals surface area (Å²) in [6.07, 6.45) is 2.68. The first kappa shape index (κ1) is 13.3. The number of rotatable bonds is 2. The molecule has 0 atom stereocenters. The summed E-state index contributed by atoms with van der Waals surface area (Å²) < 4.78 is 0. The fourth-order valence-corrected chi connectivity index (χ4v) is 2.10. The van der Waals surface area contributed by atoms with Gasteiger partial charge in [-0.1, -0.05) is 41.9 Å². The second kappa shape index (κ2) is 5.38. The van der Waals surface area contributed by atoms with E-state index in [1.54, 1.807) is 24.3 Å². The van der Waals surface area contributed by atoms with E-state index in [0.717, 1.165) is 5.39 Å². The Kier molecular flexibility index (Phi) is 3.41. The maximum absolute atomic E-state index is 12.2. The molecule has 21 heavy (non-hydrogen) atoms. The zero-order valence-electron chi connectivity index (χ0n) is 10.7. The summed E-state index contributed by atoms with van der Waals surface area (Å²) in [6.45, 7) is 0. The molecule has 0 radical (unpaired) electrons. The van der Waals surface area contributed by atoms with Gasteiger partial charge in [0.25, 0.3) is 5.91 Å². The molecule has 0 aliphatic heterocycles. The monoisotopic (exact) mass is 299 g/mol. The van der Waals surface area contributed by atoms with Gasteiger partial charge in [0.1, 0.15) is 10.9 Å². The van der Waals surface area contributed by atoms with Crippen molar-refractivity contribution in [2.24, 2.45) is 0 Å². The van der Waals surface area contributed by atoms with E-state index >= 15 is 0 Å². The Morgan fingerprint density at radius 2 is 1.90 bits per heavy atom. The molecule has 0 fully saturated rings. The van der Waals surface area contributed by atoms with Gasteiger partial charge in [-0.2, -0.15) is 0 Å². The summed E-state index contributed by atoms with van der Waals surface area (Å²) in [5.41, 5.74) is 0.172. The number of aromatic hydroxyl groups is 1. The third kappa shape index (κ3) is 2.64. The number of carbonyl (C=O) groups excluding carboxylic acids is 1. The lowest BCUT2D eigenvalue weighted by atomic mass is 10.0. The van der Waals surface area contributed by atoms with Crippen LogP contribution in [0.5, 0.6) is 5.75 Å². The number of nitrogens with one attached hydrogen (secondary N) is 1. The number of anilines is 1. The molecule has 0 spiro atoms. The average molecular weight is 300 g/mol. The highest BCUT2D eigenvalue weighted by molar-refractivity contribution is 6.29. The van der Waals surface area contributed by atoms with Crippen molar-refractivity contribution < 1.29 is 9.90 Å². The molecule has 1 amide bonds. The fourth-order valence-electron chi connectivity index (χ4n) is 2.00. The summed E-state index contributed by atoms with van der Waals surface area (Å²) in [5, 5.41) is 14.5. The van der Waals surface area contributed by atoms with E-state index < -0.39 is 5.91 Å². The molecule has 0 aliphatic carbocycles. The molecule has 5 nitrogen and oxygen atoms in total. The van der Waals surface area contributed by atoms with E-state index in [4.69, 9.17) is 11.6 Å². The Bertz CT molecular complexity index is 819. The number of phenols is 1. The van der Waals surface area contributed by atoms with Gasteiger partial charge in [-0.25, -0.2) is 9.97 Å². The maximum atomic E-state index is 12.2. The average Bonchev–Trinajstić information content (AvgIpc) is 2.50. The molecule has 0 bridgehead atoms. The molecular weight excluding hydrogens is 290 g/mol. The van der Waals surface area contributed by atoms with Gasteiger partial charge in [-0.3, -0.25) is 4.79 Å². The number of benzene rings is 2. The number of nitrogens with zero attached hydrogens (tertiary/aromatic N) is 2. The summed E-state index contributed by atoms with van der Waals surface area (Å²) in [7, 11) is 0. The lowest BCUT2D eigenvalue weighted by molar-refractivity contribution is 0.102. The van der Waals surface area contributed by atoms with E-state index in [2.05, 4.69) is 15.3 Å². The van der Waals surface area contributed by atoms with Crippen molar-refractivity contribution in [2.45, 2.75) is 0 Å². The SMILES string of the molecule is O=C(Nc1cnc(Cl)cn1)c1ccc2ccccc2c1O. The number of carbonyl (C=O) groups is 1. The molecule has 1 aromatic heterocycles. The van der Waals surface area contributed by atoms with Crippen molar-refractivity contribution in [3.63, 3.8) is 0 Å². The van der Waals surface area contributed by atoms with E-state index in [-0.39, 0.29) is 22.3 Å². The number of fused-ring (bicyclic) bond motifs is 1. The van der Waals surface area contributed by atoms with Gasteiger partial charge in [0.2, 0.25) is 0 Å². The van der Waals surface area contributed by atoms with Crippen LogP contribution in [0.3, 0.4) is 0 Å². The minimum Gasteiger partial charge on any atom is -0.506 e. The Labute approximate surface area is 125 Å². The number of hydrogen-bond acceptors (Lipinski definition) is 4. The molecule has 2 aromatic carbocycles. The van der Waals surface area contributed by atoms with Crippen LogP contribution in [0.15, 0.2) is 48.8 Å². The summed E-state index contributed by atoms with van der Waals surface area (Å²) in [6, 6.07) is 10.6. The third-order valence-corrected chi connectivity index (χ3v) is 3.20. The summed E-state index contributed by atoms with van der Waals surface area (Å²) in [5.74, 6) is -0.264. The number of aromatic nitrogens is 2. The van der Waals surface area contributed by atoms with E-state index in [9.17, 15) is 9.90 Å². The Hall–Kier alpha value is -2.66. The highest BCUT2D eigenvalue weighted by Gasteiger charge is 2.14. The first-order chi connectivity index (χ1) is 10.1. The Balaban J connectivity index is 1.94. The van der Waals surface area contributed by atoms with Crippen LogP contribution in [0.4, 0.5) is 5.82 Å². The van der Waals surface area contributed by atoms with Crippen molar-refractivity contribution in [3.05, 3.63) is 59.5 Å². The number of phenolic OH excluding ortho intramolecular Hbond substituents is 1. The molecule has 1 heterocycles. The van der Waals surface area contributed by atoms with Crippen LogP contribution in [0, 0.1) is 0 Å². The largest absolute Gasteiger partial charge is 0.506 e. The number of amides is 1. The molecule has 0 unspecified atom stereocenters. The molecule has 2 N–H and O–H groups in total. The van der Waals surface area contributed by atoms with Gasteiger partial charge < -0.3 is 10.4 Å². The third-order valence-electron chi connectivity index (χ3n) is 3.01. The van der Waals surface area contributed by atoms with Crippen LogP contribution in [-0.4, -0.2) is 21.0 Å². The van der Waals surface area contributed by atoms with E-state index in [1.165, 1.54) is 12.4 Å². The topological polar surface area (TPSA) is 75.1 Å². The molecule has 0 saturated heterocycles. The van der Waals surface area contributed by atoms with Gasteiger partial charge in [-0.05, 0) is 11.5 Å². The lowest BCUT2D eigenvalue weighted by Crippen LogP contribution is -2.13. The normalized spacial score (nSPS) is 10.5. The van der Waals surface area contributed by atoms with Crippen LogP contribution in [-0.2, 0) is 0 Å². The zero-order chi connectivity index (χ0) is 14.8. The predicted octanol–water partition coefficient (Wildman–Crippen LogP) is 3.24. The van der Waals surface area contributed by atoms with Crippen molar-refractivity contribution in [3.8, 4) is 5.75 Å². The van der Waals surface area contributed by atoms with Gasteiger partial charge in [0, 0.05) is 5.39 Å². The highest BCUT2D eigenvalue weighted by atomic mass is 35.5. The predicted molar refractivity (Wildman–Crippen MR) is 80.6 cm³/mol. The quantitative estimate of drug-likeness (QED) is 0.761. The Morgan fingerprint density at radius 3 is 2.67 bits per heavy atom. The van der Waals surface area contributed by atoms with Crippen molar-refractivity contribution in [1.29, 1.82) is 0 Å². The second-order valence-electron chi connectivity index (χ2n) is 4.36. The Morgan fingerprint density at radius 1 is 1.10 bits per heavy atom. The van der Waals surface area contributed by atoms with Crippen LogP contribution in [0.2, 0.25) is 5.15 Å². The lowest BCUT2D eigenvalue weighted by Gasteiger charge is -2.08. The van der Waals surface area contributed by atoms with Crippen LogP contribution in [0.1, 0.15) is 10.4 Å². The van der Waals surface area contributed by atoms with Crippen molar-refractivity contribution in [1.82, 2.24) is 9.97 Å². The summed E-state index contributed by atoms with van der Waals surface area (Å²) >= 11 is 5.63. The van der Waals surface area contributed by atoms with Crippen LogP contribution < -0.4 is 5.32 Å². The summed E-state index contributed by atoms with van der Waals surface area (Å²) in [4.78, 5) is 19.9. The highest BCUT2D eigenvalue weighted by Crippen LogP contribution is 2.28. The van der Waals surface area contributed by atoms with E-state index in [1.807, 2.05) is 12.1 Å². The molecule has 0 aliphatic rings. The standard InChI is InChI=1S/C15H10ClN3O2/c16-12-7-18-13(8-17-12)19-15(21)11-6-5-9-3-1-2-4-10(9)14(11)20/h1-8,20H,(H,18,19,21). The molecule has 104 valence electrons. The molecule has 6 heteroatoms. The molecule has 3 aromatic rings. The fraction of sp³-hybridized carbons (Fsp3) is 0. The van der Waals surface area contributed by atoms with Gasteiger partial charge in [0.05, 0.1) is 18.0 Å². The minimum atomic E-state index is -0.463. The number of hydrogen-bond donors (Lipinski definition) is 2. The van der Waals surface area contributed by atoms with E-state index in [0.29, 0.717) is 5.39 Å². The molecule has 3 rings (SSSR count).